The van der Waals surface area contributed by atoms with Crippen molar-refractivity contribution in [2.24, 2.45) is 0 Å². The molecule has 0 atom stereocenters. The Morgan fingerprint density at radius 1 is 1.19 bits per heavy atom. The van der Waals surface area contributed by atoms with E-state index in [0.717, 1.165) is 45.2 Å². The van der Waals surface area contributed by atoms with Gasteiger partial charge in [-0.15, -0.1) is 0 Å². The van der Waals surface area contributed by atoms with E-state index in [1.54, 1.807) is 4.90 Å². The highest BCUT2D eigenvalue weighted by Gasteiger charge is 2.25. The molecular formula is C20H24BrN3O2S. The summed E-state index contributed by atoms with van der Waals surface area (Å²) in [6.07, 6.45) is 0. The number of aromatic nitrogens is 1. The third-order valence-electron chi connectivity index (χ3n) is 4.62. The number of hydrogen-bond donors (Lipinski definition) is 0. The van der Waals surface area contributed by atoms with Crippen LogP contribution in [0, 0.1) is 13.8 Å². The topological polar surface area (TPSA) is 49.6 Å². The Labute approximate surface area is 172 Å². The van der Waals surface area contributed by atoms with Gasteiger partial charge in [-0.1, -0.05) is 41.1 Å². The Hall–Kier alpha value is -1.70. The highest BCUT2D eigenvalue weighted by Crippen LogP contribution is 2.32. The quantitative estimate of drug-likeness (QED) is 0.493. The van der Waals surface area contributed by atoms with Gasteiger partial charge in [0.25, 0.3) is 5.91 Å². The Balaban J connectivity index is 1.97. The van der Waals surface area contributed by atoms with Gasteiger partial charge in [-0.3, -0.25) is 9.69 Å². The van der Waals surface area contributed by atoms with Crippen molar-refractivity contribution in [2.75, 3.05) is 31.1 Å². The molecule has 0 radical (unpaired) electrons. The molecule has 0 unspecified atom stereocenters. The smallest absolute Gasteiger partial charge is 0.263 e. The Morgan fingerprint density at radius 2 is 1.93 bits per heavy atom. The molecule has 0 aliphatic heterocycles. The fourth-order valence-electron chi connectivity index (χ4n) is 3.06. The molecule has 5 nitrogen and oxygen atoms in total. The molecule has 2 heterocycles. The fourth-order valence-corrected chi connectivity index (χ4v) is 4.60. The maximum absolute atomic E-state index is 13.3. The molecule has 3 rings (SSSR count). The second kappa shape index (κ2) is 8.54. The summed E-state index contributed by atoms with van der Waals surface area (Å²) in [5, 5.41) is 0.721. The number of fused-ring (bicyclic) bond motifs is 1. The average Bonchev–Trinajstić information content (AvgIpc) is 3.20. The zero-order valence-electron chi connectivity index (χ0n) is 16.1. The molecule has 0 saturated carbocycles. The Morgan fingerprint density at radius 3 is 2.56 bits per heavy atom. The molecule has 0 bridgehead atoms. The molecule has 2 aromatic heterocycles. The van der Waals surface area contributed by atoms with Gasteiger partial charge < -0.3 is 9.32 Å². The number of hydrogen-bond acceptors (Lipinski definition) is 5. The predicted molar refractivity (Wildman–Crippen MR) is 115 cm³/mol. The molecule has 1 aromatic carbocycles. The number of nitrogens with zero attached hydrogens (tertiary/aromatic N) is 3. The van der Waals surface area contributed by atoms with Crippen LogP contribution >= 0.6 is 27.3 Å². The van der Waals surface area contributed by atoms with Gasteiger partial charge in [0, 0.05) is 17.6 Å². The molecule has 0 saturated heterocycles. The monoisotopic (exact) mass is 449 g/mol. The second-order valence-corrected chi connectivity index (χ2v) is 8.34. The van der Waals surface area contributed by atoms with Crippen LogP contribution in [0.15, 0.2) is 33.2 Å². The van der Waals surface area contributed by atoms with E-state index in [1.165, 1.54) is 11.3 Å². The normalized spacial score (nSPS) is 11.5. The highest BCUT2D eigenvalue weighted by molar-refractivity contribution is 9.10. The molecule has 3 aromatic rings. The summed E-state index contributed by atoms with van der Waals surface area (Å²) in [5.74, 6) is 1.33. The number of anilines is 1. The van der Waals surface area contributed by atoms with Crippen LogP contribution in [0.1, 0.15) is 35.7 Å². The van der Waals surface area contributed by atoms with E-state index < -0.39 is 0 Å². The van der Waals surface area contributed by atoms with Gasteiger partial charge >= 0.3 is 0 Å². The summed E-state index contributed by atoms with van der Waals surface area (Å²) < 4.78 is 7.65. The van der Waals surface area contributed by atoms with Crippen LogP contribution in [0.4, 0.5) is 5.13 Å². The van der Waals surface area contributed by atoms with Crippen LogP contribution in [0.2, 0.25) is 0 Å². The van der Waals surface area contributed by atoms with Gasteiger partial charge in [0.2, 0.25) is 0 Å². The summed E-state index contributed by atoms with van der Waals surface area (Å²) in [6.45, 7) is 11.3. The minimum absolute atomic E-state index is 0.0605. The van der Waals surface area contributed by atoms with Crippen molar-refractivity contribution in [3.8, 4) is 0 Å². The number of carbonyl (C=O) groups excluding carboxylic acids is 1. The van der Waals surface area contributed by atoms with Crippen LogP contribution in [-0.4, -0.2) is 42.0 Å². The Kier molecular flexibility index (Phi) is 6.34. The van der Waals surface area contributed by atoms with Crippen LogP contribution in [0.3, 0.4) is 0 Å². The lowest BCUT2D eigenvalue weighted by Gasteiger charge is -2.24. The van der Waals surface area contributed by atoms with E-state index in [9.17, 15) is 4.79 Å². The minimum Gasteiger partial charge on any atom is -0.466 e. The van der Waals surface area contributed by atoms with Crippen LogP contribution in [0.25, 0.3) is 10.2 Å². The minimum atomic E-state index is -0.0605. The first-order chi connectivity index (χ1) is 12.9. The van der Waals surface area contributed by atoms with E-state index in [0.29, 0.717) is 17.9 Å². The number of carbonyl (C=O) groups is 1. The first-order valence-electron chi connectivity index (χ1n) is 9.10. The predicted octanol–water partition coefficient (Wildman–Crippen LogP) is 5.26. The van der Waals surface area contributed by atoms with Crippen molar-refractivity contribution in [3.63, 3.8) is 0 Å². The lowest BCUT2D eigenvalue weighted by Crippen LogP contribution is -2.39. The maximum Gasteiger partial charge on any atom is 0.263 e. The molecule has 0 fully saturated rings. The number of thiazole rings is 1. The number of amides is 1. The zero-order chi connectivity index (χ0) is 19.6. The molecule has 144 valence electrons. The van der Waals surface area contributed by atoms with Crippen molar-refractivity contribution in [1.29, 1.82) is 0 Å². The molecule has 0 N–H and O–H groups in total. The number of rotatable bonds is 7. The van der Waals surface area contributed by atoms with Gasteiger partial charge in [-0.05, 0) is 51.2 Å². The van der Waals surface area contributed by atoms with Gasteiger partial charge in [-0.25, -0.2) is 4.98 Å². The molecular weight excluding hydrogens is 426 g/mol. The standard InChI is InChI=1S/C20H24BrN3O2S/c1-5-23(6-2)9-10-24(19(25)16-11-13(3)26-14(16)4)20-22-17-8-7-15(21)12-18(17)27-20/h7-8,11-12H,5-6,9-10H2,1-4H3. The van der Waals surface area contributed by atoms with Crippen molar-refractivity contribution >= 4 is 48.5 Å². The van der Waals surface area contributed by atoms with Crippen molar-refractivity contribution in [3.05, 3.63) is 45.8 Å². The largest absolute Gasteiger partial charge is 0.466 e. The van der Waals surface area contributed by atoms with E-state index in [-0.39, 0.29) is 5.91 Å². The number of aryl methyl sites for hydroxylation is 2. The Bertz CT molecular complexity index is 946. The first-order valence-corrected chi connectivity index (χ1v) is 10.7. The van der Waals surface area contributed by atoms with Crippen molar-refractivity contribution in [2.45, 2.75) is 27.7 Å². The molecule has 7 heteroatoms. The molecule has 0 spiro atoms. The third kappa shape index (κ3) is 4.42. The average molecular weight is 450 g/mol. The summed E-state index contributed by atoms with van der Waals surface area (Å²) in [6, 6.07) is 7.79. The number of halogens is 1. The maximum atomic E-state index is 13.3. The van der Waals surface area contributed by atoms with Crippen LogP contribution in [0.5, 0.6) is 0 Å². The third-order valence-corrected chi connectivity index (χ3v) is 6.16. The van der Waals surface area contributed by atoms with E-state index in [1.807, 2.05) is 38.1 Å². The summed E-state index contributed by atoms with van der Waals surface area (Å²) >= 11 is 5.04. The van der Waals surface area contributed by atoms with Crippen molar-refractivity contribution in [1.82, 2.24) is 9.88 Å². The number of benzene rings is 1. The number of likely N-dealkylation sites (N-methyl/N-ethyl adjacent to an activating group) is 1. The van der Waals surface area contributed by atoms with E-state index in [4.69, 9.17) is 9.40 Å². The van der Waals surface area contributed by atoms with Crippen LogP contribution in [-0.2, 0) is 0 Å². The van der Waals surface area contributed by atoms with Gasteiger partial charge in [0.15, 0.2) is 5.13 Å². The molecule has 0 aliphatic carbocycles. The van der Waals surface area contributed by atoms with E-state index in [2.05, 4.69) is 34.7 Å². The molecule has 0 aliphatic rings. The lowest BCUT2D eigenvalue weighted by atomic mass is 10.2. The highest BCUT2D eigenvalue weighted by atomic mass is 79.9. The molecule has 27 heavy (non-hydrogen) atoms. The van der Waals surface area contributed by atoms with E-state index >= 15 is 0 Å². The SMILES string of the molecule is CCN(CC)CCN(C(=O)c1cc(C)oc1C)c1nc2ccc(Br)cc2s1. The van der Waals surface area contributed by atoms with Crippen LogP contribution < -0.4 is 4.90 Å². The first kappa shape index (κ1) is 20.0. The summed E-state index contributed by atoms with van der Waals surface area (Å²) in [7, 11) is 0. The molecule has 1 amide bonds. The zero-order valence-corrected chi connectivity index (χ0v) is 18.5. The van der Waals surface area contributed by atoms with Gasteiger partial charge in [-0.2, -0.15) is 0 Å². The fraction of sp³-hybridized carbons (Fsp3) is 0.400. The van der Waals surface area contributed by atoms with Gasteiger partial charge in [0.05, 0.1) is 15.8 Å². The summed E-state index contributed by atoms with van der Waals surface area (Å²) in [5.41, 5.74) is 1.51. The second-order valence-electron chi connectivity index (χ2n) is 6.42. The lowest BCUT2D eigenvalue weighted by molar-refractivity contribution is 0.0982. The number of furan rings is 1. The van der Waals surface area contributed by atoms with Crippen molar-refractivity contribution < 1.29 is 9.21 Å². The summed E-state index contributed by atoms with van der Waals surface area (Å²) in [4.78, 5) is 22.1. The van der Waals surface area contributed by atoms with Gasteiger partial charge in [0.1, 0.15) is 11.5 Å².